The Kier molecular flexibility index (Phi) is 5.82. The fourth-order valence-corrected chi connectivity index (χ4v) is 1.51. The number of carbonyl (C=O) groups excluding carboxylic acids is 1. The molecule has 0 radical (unpaired) electrons. The summed E-state index contributed by atoms with van der Waals surface area (Å²) in [6.07, 6.45) is 2.27. The molecular weight excluding hydrogens is 190 g/mol. The van der Waals surface area contributed by atoms with E-state index in [1.807, 2.05) is 7.05 Å². The second kappa shape index (κ2) is 6.05. The molecule has 5 heteroatoms. The van der Waals surface area contributed by atoms with Crippen molar-refractivity contribution in [2.24, 2.45) is 0 Å². The van der Waals surface area contributed by atoms with E-state index in [1.165, 1.54) is 0 Å². The molecular formula is C8H18ClN3O. The summed E-state index contributed by atoms with van der Waals surface area (Å²) >= 11 is 0. The molecule has 0 aromatic rings. The molecule has 1 fully saturated rings. The summed E-state index contributed by atoms with van der Waals surface area (Å²) in [6, 6.07) is 0.363. The number of carbonyl (C=O) groups is 1. The standard InChI is InChI=1S/C8H17N3O.ClH/c1-9-8(12)11(2)7-4-3-5-10-6-7;/h7,10H,3-6H2,1-2H3,(H,9,12);1H. The number of rotatable bonds is 1. The average Bonchev–Trinajstić information content (AvgIpc) is 2.17. The molecule has 0 aliphatic carbocycles. The highest BCUT2D eigenvalue weighted by Crippen LogP contribution is 2.07. The molecule has 1 aliphatic heterocycles. The first kappa shape index (κ1) is 12.5. The minimum absolute atomic E-state index is 0. The van der Waals surface area contributed by atoms with E-state index in [1.54, 1.807) is 11.9 Å². The van der Waals surface area contributed by atoms with E-state index in [2.05, 4.69) is 10.6 Å². The number of piperidine rings is 1. The van der Waals surface area contributed by atoms with Gasteiger partial charge in [-0.2, -0.15) is 0 Å². The Bertz CT molecular complexity index is 159. The highest BCUT2D eigenvalue weighted by atomic mass is 35.5. The molecule has 0 saturated carbocycles. The Balaban J connectivity index is 0.00000144. The van der Waals surface area contributed by atoms with Crippen LogP contribution in [0.4, 0.5) is 4.79 Å². The van der Waals surface area contributed by atoms with Crippen LogP contribution in [-0.4, -0.2) is 44.2 Å². The van der Waals surface area contributed by atoms with Gasteiger partial charge in [0.1, 0.15) is 0 Å². The molecule has 13 heavy (non-hydrogen) atoms. The van der Waals surface area contributed by atoms with Crippen molar-refractivity contribution in [2.45, 2.75) is 18.9 Å². The first-order valence-corrected chi connectivity index (χ1v) is 4.41. The number of urea groups is 1. The minimum Gasteiger partial charge on any atom is -0.341 e. The van der Waals surface area contributed by atoms with Crippen molar-refractivity contribution in [2.75, 3.05) is 27.2 Å². The fourth-order valence-electron chi connectivity index (χ4n) is 1.51. The maximum atomic E-state index is 11.2. The maximum Gasteiger partial charge on any atom is 0.317 e. The van der Waals surface area contributed by atoms with Crippen LogP contribution in [0.5, 0.6) is 0 Å². The highest BCUT2D eigenvalue weighted by molar-refractivity contribution is 5.85. The van der Waals surface area contributed by atoms with E-state index >= 15 is 0 Å². The van der Waals surface area contributed by atoms with Crippen molar-refractivity contribution in [3.8, 4) is 0 Å². The third kappa shape index (κ3) is 3.40. The molecule has 4 nitrogen and oxygen atoms in total. The number of amides is 2. The lowest BCUT2D eigenvalue weighted by Crippen LogP contribution is -2.49. The molecule has 1 heterocycles. The van der Waals surface area contributed by atoms with Gasteiger partial charge in [0.25, 0.3) is 0 Å². The summed E-state index contributed by atoms with van der Waals surface area (Å²) < 4.78 is 0. The highest BCUT2D eigenvalue weighted by Gasteiger charge is 2.20. The predicted octanol–water partition coefficient (Wildman–Crippen LogP) is 0.431. The van der Waals surface area contributed by atoms with Gasteiger partial charge in [-0.15, -0.1) is 12.4 Å². The zero-order valence-electron chi connectivity index (χ0n) is 8.17. The Labute approximate surface area is 85.5 Å². The van der Waals surface area contributed by atoms with Crippen LogP contribution in [0.25, 0.3) is 0 Å². The van der Waals surface area contributed by atoms with Gasteiger partial charge < -0.3 is 15.5 Å². The normalized spacial score (nSPS) is 21.5. The molecule has 0 aromatic heterocycles. The van der Waals surface area contributed by atoms with Crippen LogP contribution in [0.2, 0.25) is 0 Å². The third-order valence-corrected chi connectivity index (χ3v) is 2.35. The number of nitrogens with zero attached hydrogens (tertiary/aromatic N) is 1. The van der Waals surface area contributed by atoms with Crippen LogP contribution in [0, 0.1) is 0 Å². The lowest BCUT2D eigenvalue weighted by atomic mass is 10.1. The second-order valence-electron chi connectivity index (χ2n) is 3.17. The first-order chi connectivity index (χ1) is 5.75. The van der Waals surface area contributed by atoms with E-state index in [0.29, 0.717) is 6.04 Å². The van der Waals surface area contributed by atoms with Crippen molar-refractivity contribution in [3.63, 3.8) is 0 Å². The van der Waals surface area contributed by atoms with Crippen LogP contribution >= 0.6 is 12.4 Å². The van der Waals surface area contributed by atoms with Gasteiger partial charge in [-0.3, -0.25) is 0 Å². The van der Waals surface area contributed by atoms with Crippen molar-refractivity contribution < 1.29 is 4.79 Å². The van der Waals surface area contributed by atoms with Crippen LogP contribution in [0.1, 0.15) is 12.8 Å². The van der Waals surface area contributed by atoms with Crippen LogP contribution in [0.3, 0.4) is 0 Å². The zero-order chi connectivity index (χ0) is 8.97. The maximum absolute atomic E-state index is 11.2. The number of halogens is 1. The fraction of sp³-hybridized carbons (Fsp3) is 0.875. The first-order valence-electron chi connectivity index (χ1n) is 4.41. The van der Waals surface area contributed by atoms with Crippen molar-refractivity contribution in [1.82, 2.24) is 15.5 Å². The van der Waals surface area contributed by atoms with Gasteiger partial charge in [-0.05, 0) is 19.4 Å². The van der Waals surface area contributed by atoms with Crippen LogP contribution in [-0.2, 0) is 0 Å². The molecule has 0 spiro atoms. The molecule has 1 saturated heterocycles. The lowest BCUT2D eigenvalue weighted by Gasteiger charge is -2.31. The second-order valence-corrected chi connectivity index (χ2v) is 3.17. The monoisotopic (exact) mass is 207 g/mol. The van der Waals surface area contributed by atoms with Crippen molar-refractivity contribution in [3.05, 3.63) is 0 Å². The van der Waals surface area contributed by atoms with Gasteiger partial charge in [0.05, 0.1) is 0 Å². The Morgan fingerprint density at radius 1 is 1.62 bits per heavy atom. The Hall–Kier alpha value is -0.480. The predicted molar refractivity (Wildman–Crippen MR) is 55.4 cm³/mol. The summed E-state index contributed by atoms with van der Waals surface area (Å²) in [5.41, 5.74) is 0. The third-order valence-electron chi connectivity index (χ3n) is 2.35. The van der Waals surface area contributed by atoms with Crippen molar-refractivity contribution >= 4 is 18.4 Å². The van der Waals surface area contributed by atoms with Gasteiger partial charge >= 0.3 is 6.03 Å². The van der Waals surface area contributed by atoms with Crippen molar-refractivity contribution in [1.29, 1.82) is 0 Å². The molecule has 2 N–H and O–H groups in total. The van der Waals surface area contributed by atoms with Crippen LogP contribution < -0.4 is 10.6 Å². The molecule has 0 aromatic carbocycles. The SMILES string of the molecule is CNC(=O)N(C)C1CCCNC1.Cl. The zero-order valence-corrected chi connectivity index (χ0v) is 8.99. The van der Waals surface area contributed by atoms with Gasteiger partial charge in [-0.1, -0.05) is 0 Å². The minimum atomic E-state index is 0. The van der Waals surface area contributed by atoms with Gasteiger partial charge in [0.15, 0.2) is 0 Å². The van der Waals surface area contributed by atoms with Gasteiger partial charge in [0.2, 0.25) is 0 Å². The summed E-state index contributed by atoms with van der Waals surface area (Å²) in [6.45, 7) is 2.00. The molecule has 1 rings (SSSR count). The van der Waals surface area contributed by atoms with E-state index < -0.39 is 0 Å². The smallest absolute Gasteiger partial charge is 0.317 e. The number of likely N-dealkylation sites (N-methyl/N-ethyl adjacent to an activating group) is 1. The summed E-state index contributed by atoms with van der Waals surface area (Å²) in [4.78, 5) is 13.0. The lowest BCUT2D eigenvalue weighted by molar-refractivity contribution is 0.180. The van der Waals surface area contributed by atoms with E-state index in [-0.39, 0.29) is 18.4 Å². The van der Waals surface area contributed by atoms with Crippen LogP contribution in [0.15, 0.2) is 0 Å². The summed E-state index contributed by atoms with van der Waals surface area (Å²) in [5.74, 6) is 0. The van der Waals surface area contributed by atoms with E-state index in [0.717, 1.165) is 25.9 Å². The van der Waals surface area contributed by atoms with Gasteiger partial charge in [-0.25, -0.2) is 4.79 Å². The van der Waals surface area contributed by atoms with E-state index in [9.17, 15) is 4.79 Å². The molecule has 0 bridgehead atoms. The Morgan fingerprint density at radius 3 is 2.77 bits per heavy atom. The molecule has 2 amide bonds. The number of hydrogen-bond acceptors (Lipinski definition) is 2. The molecule has 1 unspecified atom stereocenters. The quantitative estimate of drug-likeness (QED) is 0.655. The Morgan fingerprint density at radius 2 is 2.31 bits per heavy atom. The van der Waals surface area contributed by atoms with Gasteiger partial charge in [0, 0.05) is 26.7 Å². The average molecular weight is 208 g/mol. The summed E-state index contributed by atoms with van der Waals surface area (Å²) in [7, 11) is 3.51. The summed E-state index contributed by atoms with van der Waals surface area (Å²) in [5, 5.41) is 5.89. The molecule has 78 valence electrons. The topological polar surface area (TPSA) is 44.4 Å². The molecule has 1 atom stereocenters. The number of hydrogen-bond donors (Lipinski definition) is 2. The van der Waals surface area contributed by atoms with E-state index in [4.69, 9.17) is 0 Å². The number of nitrogens with one attached hydrogen (secondary N) is 2. The largest absolute Gasteiger partial charge is 0.341 e. The molecule has 1 aliphatic rings.